The molecule has 1 N–H and O–H groups in total. The topological polar surface area (TPSA) is 41.6 Å². The zero-order valence-electron chi connectivity index (χ0n) is 16.7. The van der Waals surface area contributed by atoms with E-state index in [4.69, 9.17) is 4.74 Å². The number of nitrogens with one attached hydrogen (secondary N) is 1. The summed E-state index contributed by atoms with van der Waals surface area (Å²) in [5.41, 5.74) is 1.60. The maximum absolute atomic E-state index is 12.7. The Balaban J connectivity index is 1.51. The Morgan fingerprint density at radius 1 is 1.11 bits per heavy atom. The fraction of sp³-hybridized carbons (Fsp3) is 0.348. The molecule has 2 aliphatic heterocycles. The van der Waals surface area contributed by atoms with Crippen LogP contribution in [-0.4, -0.2) is 27.0 Å². The molecule has 0 bridgehead atoms. The second-order valence-electron chi connectivity index (χ2n) is 8.36. The van der Waals surface area contributed by atoms with Gasteiger partial charge in [0.05, 0.1) is 4.75 Å². The Kier molecular flexibility index (Phi) is 4.55. The predicted octanol–water partition coefficient (Wildman–Crippen LogP) is 4.88. The number of carbonyl (C=O) groups excluding carboxylic acids is 1. The quantitative estimate of drug-likeness (QED) is 0.734. The first-order valence-electron chi connectivity index (χ1n) is 9.50. The number of hydrogen-bond acceptors (Lipinski definition) is 4. The first kappa shape index (κ1) is 19.1. The molecule has 0 saturated carbocycles. The van der Waals surface area contributed by atoms with Gasteiger partial charge in [-0.3, -0.25) is 15.0 Å². The number of nitrogens with zero attached hydrogens (tertiary/aromatic N) is 1. The monoisotopic (exact) mass is 394 g/mol. The van der Waals surface area contributed by atoms with E-state index >= 15 is 0 Å². The number of benzene rings is 2. The second kappa shape index (κ2) is 6.68. The summed E-state index contributed by atoms with van der Waals surface area (Å²) in [6.07, 6.45) is 0. The summed E-state index contributed by atoms with van der Waals surface area (Å²) >= 11 is 1.80. The van der Waals surface area contributed by atoms with Crippen molar-refractivity contribution in [1.29, 1.82) is 0 Å². The van der Waals surface area contributed by atoms with Crippen molar-refractivity contribution in [2.24, 2.45) is 0 Å². The lowest BCUT2D eigenvalue weighted by molar-refractivity contribution is -0.143. The average Bonchev–Trinajstić information content (AvgIpc) is 2.88. The molecular formula is C23H26N2O2S. The highest BCUT2D eigenvalue weighted by molar-refractivity contribution is 8.01. The van der Waals surface area contributed by atoms with Crippen molar-refractivity contribution in [1.82, 2.24) is 10.2 Å². The number of β-lactam (4-membered cyclic amide) rings is 1. The molecule has 2 saturated heterocycles. The van der Waals surface area contributed by atoms with Gasteiger partial charge in [0.2, 0.25) is 5.91 Å². The average molecular weight is 395 g/mol. The van der Waals surface area contributed by atoms with Gasteiger partial charge in [0.25, 0.3) is 0 Å². The molecule has 4 nitrogen and oxygen atoms in total. The Labute approximate surface area is 171 Å². The van der Waals surface area contributed by atoms with Gasteiger partial charge in [-0.25, -0.2) is 0 Å². The lowest BCUT2D eigenvalue weighted by Gasteiger charge is -2.45. The van der Waals surface area contributed by atoms with E-state index in [-0.39, 0.29) is 27.6 Å². The summed E-state index contributed by atoms with van der Waals surface area (Å²) in [5, 5.41) is 3.68. The highest BCUT2D eigenvalue weighted by atomic mass is 32.2. The highest BCUT2D eigenvalue weighted by Gasteiger charge is 2.59. The van der Waals surface area contributed by atoms with Gasteiger partial charge in [-0.2, -0.15) is 0 Å². The summed E-state index contributed by atoms with van der Waals surface area (Å²) in [6.45, 7) is 12.6. The molecular weight excluding hydrogens is 368 g/mol. The molecule has 5 heteroatoms. The van der Waals surface area contributed by atoms with Gasteiger partial charge >= 0.3 is 0 Å². The summed E-state index contributed by atoms with van der Waals surface area (Å²) in [6, 6.07) is 17.6. The van der Waals surface area contributed by atoms with Gasteiger partial charge in [-0.1, -0.05) is 36.9 Å². The lowest BCUT2D eigenvalue weighted by Crippen LogP contribution is -2.68. The maximum atomic E-state index is 12.7. The Morgan fingerprint density at radius 3 is 2.50 bits per heavy atom. The second-order valence-corrected chi connectivity index (χ2v) is 10.1. The predicted molar refractivity (Wildman–Crippen MR) is 114 cm³/mol. The van der Waals surface area contributed by atoms with E-state index in [9.17, 15) is 4.79 Å². The summed E-state index contributed by atoms with van der Waals surface area (Å²) < 4.78 is 5.87. The summed E-state index contributed by atoms with van der Waals surface area (Å²) in [5.74, 6) is 1.70. The van der Waals surface area contributed by atoms with Crippen molar-refractivity contribution in [2.45, 2.75) is 49.4 Å². The molecule has 0 spiro atoms. The van der Waals surface area contributed by atoms with Crippen LogP contribution in [0.1, 0.15) is 33.3 Å². The minimum absolute atomic E-state index is 0.107. The molecule has 4 rings (SSSR count). The van der Waals surface area contributed by atoms with Crippen molar-refractivity contribution < 1.29 is 9.53 Å². The van der Waals surface area contributed by atoms with E-state index in [1.807, 2.05) is 53.4 Å². The normalized spacial score (nSPS) is 23.4. The number of ether oxygens (including phenoxy) is 1. The van der Waals surface area contributed by atoms with Crippen LogP contribution in [0.2, 0.25) is 0 Å². The van der Waals surface area contributed by atoms with Crippen LogP contribution in [0, 0.1) is 0 Å². The van der Waals surface area contributed by atoms with Gasteiger partial charge in [0.15, 0.2) is 0 Å². The molecule has 2 aliphatic rings. The standard InChI is InChI=1S/C23H26N2O2S/c1-15-23(4,5)28-21-19(20(26)25(15)21)24-22(2,3)16-10-9-13-18(14-16)27-17-11-7-6-8-12-17/h6-14,19,21,24H,1H2,2-5H3/t19-,21-/m1/s1. The van der Waals surface area contributed by atoms with Crippen LogP contribution >= 0.6 is 11.8 Å². The molecule has 1 amide bonds. The minimum atomic E-state index is -0.378. The number of rotatable bonds is 5. The zero-order chi connectivity index (χ0) is 20.1. The van der Waals surface area contributed by atoms with Crippen molar-refractivity contribution in [3.05, 3.63) is 72.4 Å². The molecule has 2 aromatic carbocycles. The number of amides is 1. The van der Waals surface area contributed by atoms with Crippen LogP contribution in [0.25, 0.3) is 0 Å². The summed E-state index contributed by atoms with van der Waals surface area (Å²) in [4.78, 5) is 14.6. The van der Waals surface area contributed by atoms with Crippen LogP contribution in [-0.2, 0) is 10.3 Å². The minimum Gasteiger partial charge on any atom is -0.457 e. The van der Waals surface area contributed by atoms with Gasteiger partial charge in [-0.05, 0) is 57.5 Å². The van der Waals surface area contributed by atoms with Gasteiger partial charge in [0.1, 0.15) is 22.9 Å². The van der Waals surface area contributed by atoms with Gasteiger partial charge in [0, 0.05) is 11.2 Å². The third kappa shape index (κ3) is 3.23. The number of para-hydroxylation sites is 1. The molecule has 28 heavy (non-hydrogen) atoms. The number of hydrogen-bond donors (Lipinski definition) is 1. The summed E-state index contributed by atoms with van der Waals surface area (Å²) in [7, 11) is 0. The van der Waals surface area contributed by atoms with Crippen molar-refractivity contribution in [3.63, 3.8) is 0 Å². The fourth-order valence-corrected chi connectivity index (χ4v) is 5.20. The van der Waals surface area contributed by atoms with E-state index in [0.717, 1.165) is 22.8 Å². The highest BCUT2D eigenvalue weighted by Crippen LogP contribution is 2.52. The van der Waals surface area contributed by atoms with Crippen LogP contribution in [0.4, 0.5) is 0 Å². The third-order valence-electron chi connectivity index (χ3n) is 5.50. The molecule has 2 aromatic rings. The fourth-order valence-electron chi connectivity index (χ4n) is 3.71. The molecule has 0 radical (unpaired) electrons. The van der Waals surface area contributed by atoms with Gasteiger partial charge < -0.3 is 4.74 Å². The Morgan fingerprint density at radius 2 is 1.79 bits per heavy atom. The number of carbonyl (C=O) groups is 1. The molecule has 2 heterocycles. The van der Waals surface area contributed by atoms with E-state index in [0.29, 0.717) is 0 Å². The molecule has 0 aromatic heterocycles. The maximum Gasteiger partial charge on any atom is 0.248 e. The Hall–Kier alpha value is -2.24. The first-order valence-corrected chi connectivity index (χ1v) is 10.4. The molecule has 2 atom stereocenters. The van der Waals surface area contributed by atoms with Gasteiger partial charge in [-0.15, -0.1) is 11.8 Å². The van der Waals surface area contributed by atoms with Crippen molar-refractivity contribution in [3.8, 4) is 11.5 Å². The molecule has 146 valence electrons. The molecule has 0 aliphatic carbocycles. The number of fused-ring (bicyclic) bond motifs is 1. The van der Waals surface area contributed by atoms with Crippen LogP contribution in [0.15, 0.2) is 66.9 Å². The first-order chi connectivity index (χ1) is 13.2. The van der Waals surface area contributed by atoms with Crippen molar-refractivity contribution >= 4 is 17.7 Å². The van der Waals surface area contributed by atoms with E-state index in [2.05, 4.69) is 45.7 Å². The smallest absolute Gasteiger partial charge is 0.248 e. The molecule has 2 fully saturated rings. The molecule has 0 unspecified atom stereocenters. The lowest BCUT2D eigenvalue weighted by atomic mass is 9.91. The van der Waals surface area contributed by atoms with Crippen molar-refractivity contribution in [2.75, 3.05) is 0 Å². The van der Waals surface area contributed by atoms with Crippen LogP contribution in [0.5, 0.6) is 11.5 Å². The van der Waals surface area contributed by atoms with Crippen LogP contribution in [0.3, 0.4) is 0 Å². The number of thioether (sulfide) groups is 1. The van der Waals surface area contributed by atoms with Crippen LogP contribution < -0.4 is 10.1 Å². The zero-order valence-corrected chi connectivity index (χ0v) is 17.5. The Bertz CT molecular complexity index is 923. The third-order valence-corrected chi connectivity index (χ3v) is 7.04. The largest absolute Gasteiger partial charge is 0.457 e. The van der Waals surface area contributed by atoms with E-state index in [1.165, 1.54) is 0 Å². The van der Waals surface area contributed by atoms with E-state index in [1.54, 1.807) is 11.8 Å². The van der Waals surface area contributed by atoms with E-state index < -0.39 is 0 Å². The SMILES string of the molecule is C=C1N2C(=O)[C@@H](NC(C)(C)c3cccc(Oc4ccccc4)c3)[C@H]2SC1(C)C.